The highest BCUT2D eigenvalue weighted by atomic mass is 35.5. The first-order valence-corrected chi connectivity index (χ1v) is 8.15. The van der Waals surface area contributed by atoms with Gasteiger partial charge in [-0.3, -0.25) is 0 Å². The van der Waals surface area contributed by atoms with E-state index in [-0.39, 0.29) is 11.9 Å². The Kier molecular flexibility index (Phi) is 5.18. The Morgan fingerprint density at radius 1 is 1.19 bits per heavy atom. The second-order valence-corrected chi connectivity index (χ2v) is 6.23. The molecule has 0 heterocycles. The Morgan fingerprint density at radius 3 is 2.48 bits per heavy atom. The number of halogens is 1. The predicted octanol–water partition coefficient (Wildman–Crippen LogP) is 3.92. The maximum absolute atomic E-state index is 10.9. The van der Waals surface area contributed by atoms with E-state index in [0.29, 0.717) is 22.8 Å². The fraction of sp³-hybridized carbons (Fsp3) is 0.200. The van der Waals surface area contributed by atoms with Crippen LogP contribution in [0.15, 0.2) is 42.5 Å². The molecule has 0 saturated carbocycles. The number of aromatic hydroxyl groups is 1. The maximum atomic E-state index is 10.9. The highest BCUT2D eigenvalue weighted by Crippen LogP contribution is 2.35. The molecule has 110 valence electrons. The van der Waals surface area contributed by atoms with Crippen molar-refractivity contribution in [1.82, 2.24) is 0 Å². The standard InChI is InChI=1S/C15H15ClNO3P/c1-17(9-11-5-7-13(16)8-6-11)14-4-2-3-12(15(14)18)10-21(19)20/h2-8H,9-10H2,1H3,(H-,18,19,20)/p+1. The molecule has 6 heteroatoms. The smallest absolute Gasteiger partial charge is 0.505 e. The van der Waals surface area contributed by atoms with E-state index in [9.17, 15) is 9.67 Å². The SMILES string of the molecule is CN(Cc1ccc(Cl)cc1)c1cccc(C[P+](=O)O)c1O. The molecule has 0 aliphatic heterocycles. The van der Waals surface area contributed by atoms with Crippen LogP contribution in [0.25, 0.3) is 0 Å². The predicted molar refractivity (Wildman–Crippen MR) is 85.2 cm³/mol. The van der Waals surface area contributed by atoms with Crippen molar-refractivity contribution in [1.29, 1.82) is 0 Å². The van der Waals surface area contributed by atoms with E-state index in [1.165, 1.54) is 0 Å². The summed E-state index contributed by atoms with van der Waals surface area (Å²) in [6, 6.07) is 12.7. The molecule has 0 saturated heterocycles. The zero-order valence-electron chi connectivity index (χ0n) is 11.5. The van der Waals surface area contributed by atoms with Gasteiger partial charge in [-0.15, -0.1) is 0 Å². The van der Waals surface area contributed by atoms with Crippen molar-refractivity contribution in [3.63, 3.8) is 0 Å². The van der Waals surface area contributed by atoms with Crippen molar-refractivity contribution >= 4 is 25.3 Å². The molecular weight excluding hydrogens is 309 g/mol. The molecule has 2 N–H and O–H groups in total. The number of benzene rings is 2. The molecule has 0 aliphatic rings. The molecule has 0 spiro atoms. The summed E-state index contributed by atoms with van der Waals surface area (Å²) in [5, 5.41) is 10.9. The lowest BCUT2D eigenvalue weighted by Crippen LogP contribution is -2.16. The monoisotopic (exact) mass is 324 g/mol. The van der Waals surface area contributed by atoms with Gasteiger partial charge in [0.2, 0.25) is 6.16 Å². The Hall–Kier alpha value is -1.61. The minimum absolute atomic E-state index is 0.0476. The number of phenols is 1. The highest BCUT2D eigenvalue weighted by molar-refractivity contribution is 7.37. The number of para-hydroxylation sites is 1. The molecule has 2 aromatic carbocycles. The quantitative estimate of drug-likeness (QED) is 0.818. The molecule has 0 radical (unpaired) electrons. The van der Waals surface area contributed by atoms with Crippen molar-refractivity contribution in [2.45, 2.75) is 12.7 Å². The van der Waals surface area contributed by atoms with Gasteiger partial charge in [0.25, 0.3) is 0 Å². The van der Waals surface area contributed by atoms with Crippen LogP contribution in [-0.4, -0.2) is 17.0 Å². The second kappa shape index (κ2) is 6.90. The van der Waals surface area contributed by atoms with Crippen LogP contribution in [0, 0.1) is 0 Å². The van der Waals surface area contributed by atoms with Crippen molar-refractivity contribution in [2.24, 2.45) is 0 Å². The van der Waals surface area contributed by atoms with Gasteiger partial charge in [0.1, 0.15) is 5.75 Å². The van der Waals surface area contributed by atoms with Crippen LogP contribution in [0.1, 0.15) is 11.1 Å². The number of anilines is 1. The van der Waals surface area contributed by atoms with Crippen LogP contribution in [-0.2, 0) is 17.3 Å². The largest absolute Gasteiger partial charge is 0.510 e. The lowest BCUT2D eigenvalue weighted by molar-refractivity contribution is 0.466. The van der Waals surface area contributed by atoms with Crippen LogP contribution in [0.2, 0.25) is 5.02 Å². The van der Waals surface area contributed by atoms with E-state index in [4.69, 9.17) is 16.5 Å². The second-order valence-electron chi connectivity index (χ2n) is 4.78. The van der Waals surface area contributed by atoms with Gasteiger partial charge in [0.05, 0.1) is 5.69 Å². The van der Waals surface area contributed by atoms with Gasteiger partial charge in [0.15, 0.2) is 0 Å². The molecule has 0 bridgehead atoms. The molecule has 0 amide bonds. The van der Waals surface area contributed by atoms with Crippen LogP contribution >= 0.6 is 19.6 Å². The minimum Gasteiger partial charge on any atom is -0.505 e. The summed E-state index contributed by atoms with van der Waals surface area (Å²) in [5.74, 6) is 0.0476. The zero-order chi connectivity index (χ0) is 15.4. The van der Waals surface area contributed by atoms with E-state index in [2.05, 4.69) is 0 Å². The molecule has 2 aromatic rings. The van der Waals surface area contributed by atoms with Gasteiger partial charge in [0, 0.05) is 24.2 Å². The number of phenolic OH excluding ortho intramolecular Hbond substituents is 1. The van der Waals surface area contributed by atoms with Gasteiger partial charge < -0.3 is 10.0 Å². The van der Waals surface area contributed by atoms with E-state index >= 15 is 0 Å². The average Bonchev–Trinajstić information content (AvgIpc) is 2.43. The first kappa shape index (κ1) is 15.8. The van der Waals surface area contributed by atoms with Gasteiger partial charge in [-0.2, -0.15) is 4.89 Å². The Labute approximate surface area is 129 Å². The summed E-state index contributed by atoms with van der Waals surface area (Å²) >= 11 is 5.85. The summed E-state index contributed by atoms with van der Waals surface area (Å²) in [5.41, 5.74) is 2.15. The highest BCUT2D eigenvalue weighted by Gasteiger charge is 2.18. The third-order valence-electron chi connectivity index (χ3n) is 3.15. The normalized spacial score (nSPS) is 11.3. The van der Waals surface area contributed by atoms with Crippen LogP contribution < -0.4 is 4.90 Å². The lowest BCUT2D eigenvalue weighted by atomic mass is 10.1. The summed E-state index contributed by atoms with van der Waals surface area (Å²) in [4.78, 5) is 10.9. The Balaban J connectivity index is 2.20. The van der Waals surface area contributed by atoms with Crippen LogP contribution in [0.3, 0.4) is 0 Å². The molecule has 0 aromatic heterocycles. The average molecular weight is 325 g/mol. The third-order valence-corrected chi connectivity index (χ3v) is 4.01. The van der Waals surface area contributed by atoms with Gasteiger partial charge in [-0.05, 0) is 28.3 Å². The summed E-state index contributed by atoms with van der Waals surface area (Å²) in [6.45, 7) is 0.597. The van der Waals surface area contributed by atoms with Crippen molar-refractivity contribution in [2.75, 3.05) is 11.9 Å². The summed E-state index contributed by atoms with van der Waals surface area (Å²) in [7, 11) is -0.466. The third kappa shape index (κ3) is 4.18. The topological polar surface area (TPSA) is 60.8 Å². The van der Waals surface area contributed by atoms with Gasteiger partial charge >= 0.3 is 8.03 Å². The van der Waals surface area contributed by atoms with E-state index < -0.39 is 8.03 Å². The lowest BCUT2D eigenvalue weighted by Gasteiger charge is -2.21. The Morgan fingerprint density at radius 2 is 1.86 bits per heavy atom. The molecule has 1 unspecified atom stereocenters. The van der Waals surface area contributed by atoms with E-state index in [1.807, 2.05) is 36.2 Å². The Bertz CT molecular complexity index is 646. The van der Waals surface area contributed by atoms with Crippen molar-refractivity contribution in [3.05, 3.63) is 58.6 Å². The summed E-state index contributed by atoms with van der Waals surface area (Å²) < 4.78 is 10.9. The summed E-state index contributed by atoms with van der Waals surface area (Å²) in [6.07, 6.45) is -0.0518. The van der Waals surface area contributed by atoms with E-state index in [0.717, 1.165) is 5.56 Å². The van der Waals surface area contributed by atoms with Crippen LogP contribution in [0.4, 0.5) is 5.69 Å². The molecule has 2 rings (SSSR count). The molecule has 21 heavy (non-hydrogen) atoms. The fourth-order valence-electron chi connectivity index (χ4n) is 2.11. The number of hydrogen-bond donors (Lipinski definition) is 2. The van der Waals surface area contributed by atoms with E-state index in [1.54, 1.807) is 18.2 Å². The molecular formula is C15H16ClNO3P+. The fourth-order valence-corrected chi connectivity index (χ4v) is 2.78. The molecule has 4 nitrogen and oxygen atoms in total. The first-order chi connectivity index (χ1) is 9.97. The molecule has 0 fully saturated rings. The first-order valence-electron chi connectivity index (χ1n) is 6.37. The van der Waals surface area contributed by atoms with Gasteiger partial charge in [-0.1, -0.05) is 35.9 Å². The molecule has 1 atom stereocenters. The number of hydrogen-bond acceptors (Lipinski definition) is 3. The minimum atomic E-state index is -2.32. The van der Waals surface area contributed by atoms with Gasteiger partial charge in [-0.25, -0.2) is 0 Å². The van der Waals surface area contributed by atoms with Crippen LogP contribution in [0.5, 0.6) is 5.75 Å². The number of rotatable bonds is 5. The molecule has 0 aliphatic carbocycles. The zero-order valence-corrected chi connectivity index (χ0v) is 13.2. The number of nitrogens with zero attached hydrogens (tertiary/aromatic N) is 1. The van der Waals surface area contributed by atoms with Crippen molar-refractivity contribution < 1.29 is 14.6 Å². The maximum Gasteiger partial charge on any atom is 0.510 e. The van der Waals surface area contributed by atoms with Crippen molar-refractivity contribution in [3.8, 4) is 5.75 Å².